The van der Waals surface area contributed by atoms with Crippen LogP contribution in [-0.2, 0) is 14.8 Å². The number of carbonyl (C=O) groups excluding carboxylic acids is 1. The second-order valence-corrected chi connectivity index (χ2v) is 7.61. The molecule has 7 heteroatoms. The van der Waals surface area contributed by atoms with Crippen LogP contribution in [0.15, 0.2) is 29.2 Å². The van der Waals surface area contributed by atoms with Crippen molar-refractivity contribution in [2.45, 2.75) is 36.7 Å². The number of nitriles is 1. The number of amides is 1. The molecule has 6 nitrogen and oxygen atoms in total. The van der Waals surface area contributed by atoms with Crippen LogP contribution in [0.2, 0.25) is 0 Å². The highest BCUT2D eigenvalue weighted by Crippen LogP contribution is 2.30. The number of carbonyl (C=O) groups is 1. The van der Waals surface area contributed by atoms with Crippen LogP contribution in [0, 0.1) is 11.3 Å². The third kappa shape index (κ3) is 2.28. The largest absolute Gasteiger partial charge is 0.337 e. The molecule has 0 aliphatic carbocycles. The summed E-state index contributed by atoms with van der Waals surface area (Å²) in [6, 6.07) is 7.13. The van der Waals surface area contributed by atoms with Crippen molar-refractivity contribution in [1.82, 2.24) is 9.21 Å². The molecule has 3 rings (SSSR count). The molecule has 2 heterocycles. The van der Waals surface area contributed by atoms with Gasteiger partial charge in [0.15, 0.2) is 0 Å². The Labute approximate surface area is 130 Å². The maximum absolute atomic E-state index is 12.8. The molecule has 0 N–H and O–H groups in total. The van der Waals surface area contributed by atoms with Crippen molar-refractivity contribution in [3.8, 4) is 6.07 Å². The van der Waals surface area contributed by atoms with Crippen LogP contribution in [0.1, 0.15) is 25.3 Å². The molecule has 2 saturated heterocycles. The van der Waals surface area contributed by atoms with Gasteiger partial charge in [0.1, 0.15) is 6.04 Å². The van der Waals surface area contributed by atoms with E-state index in [1.165, 1.54) is 16.4 Å². The number of piperazine rings is 1. The average Bonchev–Trinajstić information content (AvgIpc) is 2.99. The molecule has 2 fully saturated rings. The summed E-state index contributed by atoms with van der Waals surface area (Å²) in [5, 5.41) is 8.94. The molecular formula is C15H17N3O3S. The minimum atomic E-state index is -3.78. The van der Waals surface area contributed by atoms with Crippen LogP contribution in [0.4, 0.5) is 0 Å². The summed E-state index contributed by atoms with van der Waals surface area (Å²) in [4.78, 5) is 14.2. The van der Waals surface area contributed by atoms with Crippen LogP contribution in [0.3, 0.4) is 0 Å². The summed E-state index contributed by atoms with van der Waals surface area (Å²) in [5.41, 5.74) is 0.291. The zero-order chi connectivity index (χ0) is 15.9. The number of hydrogen-bond acceptors (Lipinski definition) is 4. The first-order valence-electron chi connectivity index (χ1n) is 7.27. The van der Waals surface area contributed by atoms with E-state index < -0.39 is 16.1 Å². The standard InChI is InChI=1S/C15H17N3O3S/c1-11-15(19)17-7-3-5-13(17)10-18(11)22(20,21)14-6-2-4-12(8-14)9-16/h2,4,6,8,11,13H,3,5,7,10H2,1H3/t11-,13+/m1/s1. The monoisotopic (exact) mass is 319 g/mol. The van der Waals surface area contributed by atoms with Gasteiger partial charge in [-0.15, -0.1) is 0 Å². The van der Waals surface area contributed by atoms with Crippen LogP contribution in [-0.4, -0.2) is 48.7 Å². The molecule has 2 aliphatic heterocycles. The predicted octanol–water partition coefficient (Wildman–Crippen LogP) is 0.942. The van der Waals surface area contributed by atoms with E-state index in [1.54, 1.807) is 24.0 Å². The van der Waals surface area contributed by atoms with Crippen LogP contribution >= 0.6 is 0 Å². The zero-order valence-corrected chi connectivity index (χ0v) is 13.1. The van der Waals surface area contributed by atoms with E-state index in [9.17, 15) is 13.2 Å². The first kappa shape index (κ1) is 15.0. The number of nitrogens with zero attached hydrogens (tertiary/aromatic N) is 3. The Balaban J connectivity index is 1.98. The first-order chi connectivity index (χ1) is 10.4. The molecule has 2 atom stereocenters. The van der Waals surface area contributed by atoms with Gasteiger partial charge in [-0.1, -0.05) is 6.07 Å². The van der Waals surface area contributed by atoms with E-state index in [4.69, 9.17) is 5.26 Å². The SMILES string of the molecule is C[C@@H]1C(=O)N2CCC[C@H]2CN1S(=O)(=O)c1cccc(C#N)c1. The number of hydrogen-bond donors (Lipinski definition) is 0. The minimum absolute atomic E-state index is 0.0300. The second kappa shape index (κ2) is 5.38. The number of benzene rings is 1. The third-order valence-corrected chi connectivity index (χ3v) is 6.34. The topological polar surface area (TPSA) is 81.5 Å². The van der Waals surface area contributed by atoms with Crippen molar-refractivity contribution in [3.63, 3.8) is 0 Å². The summed E-state index contributed by atoms with van der Waals surface area (Å²) >= 11 is 0. The molecule has 0 unspecified atom stereocenters. The van der Waals surface area contributed by atoms with E-state index in [0.717, 1.165) is 12.8 Å². The second-order valence-electron chi connectivity index (χ2n) is 5.72. The lowest BCUT2D eigenvalue weighted by Gasteiger charge is -2.40. The summed E-state index contributed by atoms with van der Waals surface area (Å²) in [6.45, 7) is 2.67. The average molecular weight is 319 g/mol. The summed E-state index contributed by atoms with van der Waals surface area (Å²) < 4.78 is 27.0. The Kier molecular flexibility index (Phi) is 3.67. The lowest BCUT2D eigenvalue weighted by molar-refractivity contribution is -0.139. The number of fused-ring (bicyclic) bond motifs is 1. The van der Waals surface area contributed by atoms with Gasteiger partial charge in [-0.05, 0) is 38.0 Å². The quantitative estimate of drug-likeness (QED) is 0.812. The summed E-state index contributed by atoms with van der Waals surface area (Å²) in [5.74, 6) is -0.131. The van der Waals surface area contributed by atoms with E-state index >= 15 is 0 Å². The molecule has 0 bridgehead atoms. The smallest absolute Gasteiger partial charge is 0.243 e. The first-order valence-corrected chi connectivity index (χ1v) is 8.71. The maximum atomic E-state index is 12.8. The normalized spacial score (nSPS) is 25.8. The van der Waals surface area contributed by atoms with Crippen molar-refractivity contribution in [3.05, 3.63) is 29.8 Å². The van der Waals surface area contributed by atoms with Gasteiger partial charge in [0.05, 0.1) is 16.5 Å². The van der Waals surface area contributed by atoms with Crippen molar-refractivity contribution >= 4 is 15.9 Å². The molecule has 1 aromatic rings. The Morgan fingerprint density at radius 2 is 2.14 bits per heavy atom. The van der Waals surface area contributed by atoms with Crippen LogP contribution in [0.5, 0.6) is 0 Å². The highest BCUT2D eigenvalue weighted by atomic mass is 32.2. The van der Waals surface area contributed by atoms with Crippen molar-refractivity contribution in [2.24, 2.45) is 0 Å². The van der Waals surface area contributed by atoms with Gasteiger partial charge < -0.3 is 4.90 Å². The van der Waals surface area contributed by atoms with Gasteiger partial charge in [-0.2, -0.15) is 9.57 Å². The highest BCUT2D eigenvalue weighted by Gasteiger charge is 2.45. The molecular weight excluding hydrogens is 302 g/mol. The number of rotatable bonds is 2. The van der Waals surface area contributed by atoms with Crippen LogP contribution in [0.25, 0.3) is 0 Å². The van der Waals surface area contributed by atoms with Gasteiger partial charge in [-0.3, -0.25) is 4.79 Å². The Hall–Kier alpha value is -1.91. The fraction of sp³-hybridized carbons (Fsp3) is 0.467. The molecule has 1 aromatic carbocycles. The van der Waals surface area contributed by atoms with Crippen molar-refractivity contribution < 1.29 is 13.2 Å². The molecule has 0 saturated carbocycles. The molecule has 0 aromatic heterocycles. The molecule has 0 spiro atoms. The van der Waals surface area contributed by atoms with Gasteiger partial charge in [0, 0.05) is 19.1 Å². The predicted molar refractivity (Wildman–Crippen MR) is 79.2 cm³/mol. The molecule has 2 aliphatic rings. The molecule has 22 heavy (non-hydrogen) atoms. The Morgan fingerprint density at radius 3 is 2.86 bits per heavy atom. The highest BCUT2D eigenvalue weighted by molar-refractivity contribution is 7.89. The van der Waals surface area contributed by atoms with E-state index in [2.05, 4.69) is 0 Å². The van der Waals surface area contributed by atoms with Gasteiger partial charge in [0.25, 0.3) is 0 Å². The van der Waals surface area contributed by atoms with Crippen LogP contribution < -0.4 is 0 Å². The fourth-order valence-electron chi connectivity index (χ4n) is 3.21. The van der Waals surface area contributed by atoms with E-state index in [1.807, 2.05) is 6.07 Å². The minimum Gasteiger partial charge on any atom is -0.337 e. The van der Waals surface area contributed by atoms with Gasteiger partial charge in [-0.25, -0.2) is 8.42 Å². The van der Waals surface area contributed by atoms with Crippen molar-refractivity contribution in [2.75, 3.05) is 13.1 Å². The summed E-state index contributed by atoms with van der Waals surface area (Å²) in [7, 11) is -3.78. The van der Waals surface area contributed by atoms with Crippen molar-refractivity contribution in [1.29, 1.82) is 5.26 Å². The summed E-state index contributed by atoms with van der Waals surface area (Å²) in [6.07, 6.45) is 1.75. The molecule has 1 amide bonds. The van der Waals surface area contributed by atoms with Gasteiger partial charge in [0.2, 0.25) is 15.9 Å². The third-order valence-electron chi connectivity index (χ3n) is 4.41. The van der Waals surface area contributed by atoms with Gasteiger partial charge >= 0.3 is 0 Å². The number of sulfonamides is 1. The van der Waals surface area contributed by atoms with E-state index in [-0.39, 0.29) is 16.8 Å². The lowest BCUT2D eigenvalue weighted by Crippen LogP contribution is -2.59. The molecule has 0 radical (unpaired) electrons. The maximum Gasteiger partial charge on any atom is 0.243 e. The Morgan fingerprint density at radius 1 is 1.36 bits per heavy atom. The Bertz CT molecular complexity index is 754. The molecule has 116 valence electrons. The lowest BCUT2D eigenvalue weighted by atomic mass is 10.1. The zero-order valence-electron chi connectivity index (χ0n) is 12.3. The fourth-order valence-corrected chi connectivity index (χ4v) is 4.88. The van der Waals surface area contributed by atoms with E-state index in [0.29, 0.717) is 18.7 Å².